The van der Waals surface area contributed by atoms with E-state index >= 15 is 0 Å². The number of nitrogens with zero attached hydrogens (tertiary/aromatic N) is 2. The zero-order valence-electron chi connectivity index (χ0n) is 14.3. The van der Waals surface area contributed by atoms with Crippen LogP contribution in [0.2, 0.25) is 5.02 Å². The molecule has 1 aromatic carbocycles. The number of benzene rings is 1. The Bertz CT molecular complexity index is 1130. The van der Waals surface area contributed by atoms with Crippen LogP contribution in [0.1, 0.15) is 20.8 Å². The van der Waals surface area contributed by atoms with Crippen molar-refractivity contribution in [2.24, 2.45) is 0 Å². The summed E-state index contributed by atoms with van der Waals surface area (Å²) in [4.78, 5) is 31.8. The van der Waals surface area contributed by atoms with Crippen molar-refractivity contribution in [1.29, 1.82) is 0 Å². The van der Waals surface area contributed by atoms with Crippen molar-refractivity contribution in [3.8, 4) is 11.3 Å². The van der Waals surface area contributed by atoms with Crippen molar-refractivity contribution in [3.63, 3.8) is 0 Å². The lowest BCUT2D eigenvalue weighted by atomic mass is 10.1. The zero-order valence-corrected chi connectivity index (χ0v) is 15.9. The molecule has 0 bridgehead atoms. The molecule has 0 radical (unpaired) electrons. The predicted molar refractivity (Wildman–Crippen MR) is 101 cm³/mol. The van der Waals surface area contributed by atoms with E-state index in [9.17, 15) is 18.0 Å². The molecule has 28 heavy (non-hydrogen) atoms. The molecular weight excluding hydrogens is 408 g/mol. The standard InChI is InChI=1S/C17H13ClN4O5S/c1-28(25,26)22-16(23)10-2-4-12(13(18)6-10)14-5-3-11(7-19-14)21-17(24)15-8-27-9-20-15/h2-9H,1H3,(H,21,24)(H,22,23). The fraction of sp³-hybridized carbons (Fsp3) is 0.0588. The number of amides is 2. The summed E-state index contributed by atoms with van der Waals surface area (Å²) in [7, 11) is -3.68. The molecule has 144 valence electrons. The lowest BCUT2D eigenvalue weighted by Crippen LogP contribution is -2.29. The lowest BCUT2D eigenvalue weighted by molar-refractivity contribution is 0.0980. The second-order valence-corrected chi connectivity index (χ2v) is 7.81. The average molecular weight is 421 g/mol. The van der Waals surface area contributed by atoms with Crippen LogP contribution in [0.5, 0.6) is 0 Å². The second-order valence-electron chi connectivity index (χ2n) is 5.66. The minimum Gasteiger partial charge on any atom is -0.451 e. The molecule has 0 saturated heterocycles. The van der Waals surface area contributed by atoms with E-state index in [-0.39, 0.29) is 16.3 Å². The Morgan fingerprint density at radius 2 is 1.89 bits per heavy atom. The number of hydrogen-bond donors (Lipinski definition) is 2. The number of carbonyl (C=O) groups is 2. The maximum Gasteiger partial charge on any atom is 0.277 e. The van der Waals surface area contributed by atoms with Crippen molar-refractivity contribution in [2.75, 3.05) is 11.6 Å². The van der Waals surface area contributed by atoms with Gasteiger partial charge in [-0.2, -0.15) is 0 Å². The van der Waals surface area contributed by atoms with E-state index < -0.39 is 21.8 Å². The Balaban J connectivity index is 1.76. The molecule has 2 aromatic heterocycles. The fourth-order valence-electron chi connectivity index (χ4n) is 2.24. The maximum atomic E-state index is 11.9. The Kier molecular flexibility index (Phi) is 5.43. The van der Waals surface area contributed by atoms with Crippen LogP contribution in [0.15, 0.2) is 53.6 Å². The first-order valence-electron chi connectivity index (χ1n) is 7.70. The first-order valence-corrected chi connectivity index (χ1v) is 9.97. The van der Waals surface area contributed by atoms with Crippen LogP contribution in [0.4, 0.5) is 5.69 Å². The van der Waals surface area contributed by atoms with E-state index in [0.29, 0.717) is 16.9 Å². The summed E-state index contributed by atoms with van der Waals surface area (Å²) in [6.45, 7) is 0. The van der Waals surface area contributed by atoms with Crippen LogP contribution < -0.4 is 10.0 Å². The summed E-state index contributed by atoms with van der Waals surface area (Å²) in [5, 5.41) is 2.83. The van der Waals surface area contributed by atoms with Gasteiger partial charge in [0, 0.05) is 11.1 Å². The van der Waals surface area contributed by atoms with Crippen LogP contribution in [0.3, 0.4) is 0 Å². The highest BCUT2D eigenvalue weighted by Gasteiger charge is 2.14. The van der Waals surface area contributed by atoms with E-state index in [1.807, 2.05) is 4.72 Å². The largest absolute Gasteiger partial charge is 0.451 e. The molecule has 2 N–H and O–H groups in total. The van der Waals surface area contributed by atoms with Crippen LogP contribution in [0, 0.1) is 0 Å². The molecule has 0 unspecified atom stereocenters. The number of aromatic nitrogens is 2. The number of pyridine rings is 1. The van der Waals surface area contributed by atoms with Crippen molar-refractivity contribution in [2.45, 2.75) is 0 Å². The summed E-state index contributed by atoms with van der Waals surface area (Å²) < 4.78 is 28.9. The van der Waals surface area contributed by atoms with E-state index in [1.165, 1.54) is 24.6 Å². The van der Waals surface area contributed by atoms with Crippen LogP contribution >= 0.6 is 11.6 Å². The van der Waals surface area contributed by atoms with Gasteiger partial charge in [0.1, 0.15) is 6.26 Å². The fourth-order valence-corrected chi connectivity index (χ4v) is 2.97. The molecule has 0 aliphatic heterocycles. The number of anilines is 1. The number of rotatable bonds is 5. The molecule has 2 heterocycles. The Hall–Kier alpha value is -3.24. The monoisotopic (exact) mass is 420 g/mol. The molecule has 0 atom stereocenters. The number of halogens is 1. The topological polar surface area (TPSA) is 131 Å². The maximum absolute atomic E-state index is 11.9. The van der Waals surface area contributed by atoms with Crippen LogP contribution in [-0.2, 0) is 10.0 Å². The molecule has 0 aliphatic carbocycles. The number of sulfonamides is 1. The predicted octanol–water partition coefficient (Wildman–Crippen LogP) is 2.33. The molecule has 3 aromatic rings. The van der Waals surface area contributed by atoms with Crippen molar-refractivity contribution in [3.05, 3.63) is 65.5 Å². The minimum absolute atomic E-state index is 0.0932. The summed E-state index contributed by atoms with van der Waals surface area (Å²) in [6.07, 6.45) is 4.69. The van der Waals surface area contributed by atoms with Gasteiger partial charge in [-0.25, -0.2) is 18.1 Å². The molecule has 11 heteroatoms. The van der Waals surface area contributed by atoms with Gasteiger partial charge in [0.15, 0.2) is 12.1 Å². The quantitative estimate of drug-likeness (QED) is 0.647. The first-order chi connectivity index (χ1) is 13.2. The average Bonchev–Trinajstić information content (AvgIpc) is 3.16. The zero-order chi connectivity index (χ0) is 20.3. The van der Waals surface area contributed by atoms with Crippen LogP contribution in [0.25, 0.3) is 11.3 Å². The number of hydrogen-bond acceptors (Lipinski definition) is 7. The number of nitrogens with one attached hydrogen (secondary N) is 2. The number of oxazole rings is 1. The first kappa shape index (κ1) is 19.5. The third kappa shape index (κ3) is 4.72. The summed E-state index contributed by atoms with van der Waals surface area (Å²) >= 11 is 6.21. The third-order valence-electron chi connectivity index (χ3n) is 3.47. The van der Waals surface area contributed by atoms with E-state index in [4.69, 9.17) is 16.0 Å². The highest BCUT2D eigenvalue weighted by atomic mass is 35.5. The minimum atomic E-state index is -3.68. The molecule has 0 aliphatic rings. The highest BCUT2D eigenvalue weighted by Crippen LogP contribution is 2.28. The van der Waals surface area contributed by atoms with Gasteiger partial charge in [0.2, 0.25) is 10.0 Å². The van der Waals surface area contributed by atoms with Gasteiger partial charge in [-0.05, 0) is 24.3 Å². The molecular formula is C17H13ClN4O5S. The van der Waals surface area contributed by atoms with Gasteiger partial charge in [-0.3, -0.25) is 14.6 Å². The lowest BCUT2D eigenvalue weighted by Gasteiger charge is -2.08. The molecule has 9 nitrogen and oxygen atoms in total. The molecule has 0 saturated carbocycles. The van der Waals surface area contributed by atoms with Gasteiger partial charge >= 0.3 is 0 Å². The van der Waals surface area contributed by atoms with E-state index in [1.54, 1.807) is 18.2 Å². The van der Waals surface area contributed by atoms with Gasteiger partial charge < -0.3 is 9.73 Å². The van der Waals surface area contributed by atoms with Gasteiger partial charge in [0.25, 0.3) is 11.8 Å². The van der Waals surface area contributed by atoms with Gasteiger partial charge in [-0.15, -0.1) is 0 Å². The molecule has 3 rings (SSSR count). The molecule has 2 amide bonds. The third-order valence-corrected chi connectivity index (χ3v) is 4.34. The Labute approximate surface area is 164 Å². The second kappa shape index (κ2) is 7.79. The summed E-state index contributed by atoms with van der Waals surface area (Å²) in [5.41, 5.74) is 1.70. The van der Waals surface area contributed by atoms with Crippen molar-refractivity contribution in [1.82, 2.24) is 14.7 Å². The summed E-state index contributed by atoms with van der Waals surface area (Å²) in [5.74, 6) is -1.22. The van der Waals surface area contributed by atoms with Crippen molar-refractivity contribution < 1.29 is 22.4 Å². The van der Waals surface area contributed by atoms with E-state index in [0.717, 1.165) is 12.6 Å². The molecule has 0 spiro atoms. The van der Waals surface area contributed by atoms with Crippen molar-refractivity contribution >= 4 is 39.1 Å². The molecule has 0 fully saturated rings. The Morgan fingerprint density at radius 3 is 2.46 bits per heavy atom. The van der Waals surface area contributed by atoms with E-state index in [2.05, 4.69) is 15.3 Å². The summed E-state index contributed by atoms with van der Waals surface area (Å²) in [6, 6.07) is 7.59. The SMILES string of the molecule is CS(=O)(=O)NC(=O)c1ccc(-c2ccc(NC(=O)c3cocn3)cn2)c(Cl)c1. The number of carbonyl (C=O) groups excluding carboxylic acids is 2. The Morgan fingerprint density at radius 1 is 1.11 bits per heavy atom. The van der Waals surface area contributed by atoms with Gasteiger partial charge in [-0.1, -0.05) is 17.7 Å². The highest BCUT2D eigenvalue weighted by molar-refractivity contribution is 7.89. The van der Waals surface area contributed by atoms with Crippen LogP contribution in [-0.4, -0.2) is 36.5 Å². The smallest absolute Gasteiger partial charge is 0.277 e. The normalized spacial score (nSPS) is 11.1. The van der Waals surface area contributed by atoms with Gasteiger partial charge in [0.05, 0.1) is 28.9 Å².